The third-order valence-corrected chi connectivity index (χ3v) is 4.09. The predicted molar refractivity (Wildman–Crippen MR) is 76.8 cm³/mol. The normalized spacial score (nSPS) is 21.3. The minimum Gasteiger partial charge on any atom is -0.330 e. The van der Waals surface area contributed by atoms with Gasteiger partial charge in [-0.25, -0.2) is 0 Å². The average molecular weight is 291 g/mol. The Morgan fingerprint density at radius 1 is 1.00 bits per heavy atom. The van der Waals surface area contributed by atoms with Crippen LogP contribution in [0.25, 0.3) is 11.1 Å². The Morgan fingerprint density at radius 3 is 2.29 bits per heavy atom. The van der Waals surface area contributed by atoms with Crippen molar-refractivity contribution in [2.45, 2.75) is 18.5 Å². The molecule has 4 heteroatoms. The van der Waals surface area contributed by atoms with Crippen LogP contribution in [0.3, 0.4) is 0 Å². The number of hydrogen-bond acceptors (Lipinski definition) is 1. The minimum absolute atomic E-state index is 0.504. The summed E-state index contributed by atoms with van der Waals surface area (Å²) in [4.78, 5) is 0. The van der Waals surface area contributed by atoms with Crippen molar-refractivity contribution in [2.75, 3.05) is 6.54 Å². The first-order valence-electron chi connectivity index (χ1n) is 6.96. The summed E-state index contributed by atoms with van der Waals surface area (Å²) in [6.07, 6.45) is -3.18. The van der Waals surface area contributed by atoms with Gasteiger partial charge in [-0.05, 0) is 53.6 Å². The van der Waals surface area contributed by atoms with Crippen molar-refractivity contribution in [3.05, 3.63) is 59.7 Å². The van der Waals surface area contributed by atoms with Crippen molar-refractivity contribution in [3.8, 4) is 11.1 Å². The molecule has 1 nitrogen and oxygen atoms in total. The zero-order chi connectivity index (χ0) is 15.0. The lowest BCUT2D eigenvalue weighted by Crippen LogP contribution is -2.04. The summed E-state index contributed by atoms with van der Waals surface area (Å²) < 4.78 is 37.7. The van der Waals surface area contributed by atoms with Crippen LogP contribution < -0.4 is 5.73 Å². The van der Waals surface area contributed by atoms with E-state index < -0.39 is 11.7 Å². The number of nitrogens with two attached hydrogens (primary N) is 1. The van der Waals surface area contributed by atoms with E-state index in [9.17, 15) is 13.2 Å². The molecule has 2 atom stereocenters. The molecule has 0 amide bonds. The number of halogens is 3. The second-order valence-corrected chi connectivity index (χ2v) is 5.54. The van der Waals surface area contributed by atoms with Crippen LogP contribution in [-0.4, -0.2) is 6.54 Å². The van der Waals surface area contributed by atoms with Gasteiger partial charge in [0.2, 0.25) is 0 Å². The summed E-state index contributed by atoms with van der Waals surface area (Å²) in [6, 6.07) is 13.3. The van der Waals surface area contributed by atoms with E-state index in [2.05, 4.69) is 12.1 Å². The Labute approximate surface area is 121 Å². The molecule has 0 heterocycles. The Hall–Kier alpha value is -1.81. The van der Waals surface area contributed by atoms with E-state index in [0.29, 0.717) is 18.4 Å². The standard InChI is InChI=1S/C17H16F3N/c18-17(19,20)15-6-4-11(5-7-15)12-2-1-3-13(8-12)16-9-14(16)10-21/h1-8,14,16H,9-10,21H2/t14-,16-/m1/s1. The minimum atomic E-state index is -4.29. The Morgan fingerprint density at radius 2 is 1.71 bits per heavy atom. The lowest BCUT2D eigenvalue weighted by atomic mass is 9.99. The maximum Gasteiger partial charge on any atom is 0.416 e. The van der Waals surface area contributed by atoms with Crippen molar-refractivity contribution in [1.29, 1.82) is 0 Å². The largest absolute Gasteiger partial charge is 0.416 e. The van der Waals surface area contributed by atoms with Crippen LogP contribution in [0.5, 0.6) is 0 Å². The van der Waals surface area contributed by atoms with Crippen molar-refractivity contribution >= 4 is 0 Å². The van der Waals surface area contributed by atoms with Crippen molar-refractivity contribution in [1.82, 2.24) is 0 Å². The van der Waals surface area contributed by atoms with Crippen LogP contribution in [0.4, 0.5) is 13.2 Å². The molecule has 0 aromatic heterocycles. The van der Waals surface area contributed by atoms with Gasteiger partial charge < -0.3 is 5.73 Å². The molecule has 0 radical (unpaired) electrons. The molecule has 2 aromatic rings. The van der Waals surface area contributed by atoms with Gasteiger partial charge in [-0.2, -0.15) is 13.2 Å². The topological polar surface area (TPSA) is 26.0 Å². The molecule has 0 unspecified atom stereocenters. The van der Waals surface area contributed by atoms with Crippen molar-refractivity contribution in [2.24, 2.45) is 11.7 Å². The van der Waals surface area contributed by atoms with Crippen LogP contribution in [0.15, 0.2) is 48.5 Å². The predicted octanol–water partition coefficient (Wildman–Crippen LogP) is 4.43. The molecule has 2 aromatic carbocycles. The summed E-state index contributed by atoms with van der Waals surface area (Å²) in [6.45, 7) is 0.690. The Kier molecular flexibility index (Phi) is 3.49. The first kappa shape index (κ1) is 14.1. The van der Waals surface area contributed by atoms with Gasteiger partial charge in [0.15, 0.2) is 0 Å². The first-order valence-corrected chi connectivity index (χ1v) is 6.96. The highest BCUT2D eigenvalue weighted by molar-refractivity contribution is 5.65. The van der Waals surface area contributed by atoms with E-state index in [-0.39, 0.29) is 0 Å². The molecule has 2 N–H and O–H groups in total. The van der Waals surface area contributed by atoms with Gasteiger partial charge in [-0.3, -0.25) is 0 Å². The van der Waals surface area contributed by atoms with Gasteiger partial charge in [0.05, 0.1) is 5.56 Å². The summed E-state index contributed by atoms with van der Waals surface area (Å²) in [5, 5.41) is 0. The van der Waals surface area contributed by atoms with Crippen LogP contribution in [0.2, 0.25) is 0 Å². The lowest BCUT2D eigenvalue weighted by molar-refractivity contribution is -0.137. The second kappa shape index (κ2) is 5.19. The summed E-state index contributed by atoms with van der Waals surface area (Å²) >= 11 is 0. The smallest absolute Gasteiger partial charge is 0.330 e. The summed E-state index contributed by atoms with van der Waals surface area (Å²) in [7, 11) is 0. The molecule has 1 saturated carbocycles. The third kappa shape index (κ3) is 2.95. The maximum absolute atomic E-state index is 12.6. The monoisotopic (exact) mass is 291 g/mol. The number of hydrogen-bond donors (Lipinski definition) is 1. The van der Waals surface area contributed by atoms with Gasteiger partial charge in [-0.15, -0.1) is 0 Å². The molecule has 1 fully saturated rings. The van der Waals surface area contributed by atoms with E-state index in [1.165, 1.54) is 17.7 Å². The molecule has 1 aliphatic rings. The molecule has 21 heavy (non-hydrogen) atoms. The first-order chi connectivity index (χ1) is 9.99. The second-order valence-electron chi connectivity index (χ2n) is 5.54. The molecule has 0 aliphatic heterocycles. The Bertz CT molecular complexity index is 631. The third-order valence-electron chi connectivity index (χ3n) is 4.09. The van der Waals surface area contributed by atoms with Crippen LogP contribution >= 0.6 is 0 Å². The SMILES string of the molecule is NC[C@H]1C[C@@H]1c1cccc(-c2ccc(C(F)(F)F)cc2)c1. The molecule has 0 bridgehead atoms. The highest BCUT2D eigenvalue weighted by Gasteiger charge is 2.36. The number of benzene rings is 2. The molecule has 0 saturated heterocycles. The van der Waals surface area contributed by atoms with Crippen LogP contribution in [-0.2, 0) is 6.18 Å². The quantitative estimate of drug-likeness (QED) is 0.889. The molecular formula is C17H16F3N. The summed E-state index contributed by atoms with van der Waals surface area (Å²) in [5.41, 5.74) is 8.02. The fraction of sp³-hybridized carbons (Fsp3) is 0.294. The van der Waals surface area contributed by atoms with Gasteiger partial charge in [0.25, 0.3) is 0 Å². The van der Waals surface area contributed by atoms with Crippen LogP contribution in [0, 0.1) is 5.92 Å². The zero-order valence-electron chi connectivity index (χ0n) is 11.4. The highest BCUT2D eigenvalue weighted by atomic mass is 19.4. The van der Waals surface area contributed by atoms with E-state index in [4.69, 9.17) is 5.73 Å². The lowest BCUT2D eigenvalue weighted by Gasteiger charge is -2.09. The number of rotatable bonds is 3. The summed E-state index contributed by atoms with van der Waals surface area (Å²) in [5.74, 6) is 1.05. The van der Waals surface area contributed by atoms with Gasteiger partial charge in [0, 0.05) is 0 Å². The van der Waals surface area contributed by atoms with Crippen molar-refractivity contribution in [3.63, 3.8) is 0 Å². The molecule has 1 aliphatic carbocycles. The number of alkyl halides is 3. The van der Waals surface area contributed by atoms with E-state index in [1.807, 2.05) is 12.1 Å². The van der Waals surface area contributed by atoms with E-state index >= 15 is 0 Å². The van der Waals surface area contributed by atoms with E-state index in [0.717, 1.165) is 29.7 Å². The fourth-order valence-corrected chi connectivity index (χ4v) is 2.72. The van der Waals surface area contributed by atoms with Gasteiger partial charge >= 0.3 is 6.18 Å². The maximum atomic E-state index is 12.6. The highest BCUT2D eigenvalue weighted by Crippen LogP contribution is 2.47. The molecular weight excluding hydrogens is 275 g/mol. The van der Waals surface area contributed by atoms with Gasteiger partial charge in [0.1, 0.15) is 0 Å². The Balaban J connectivity index is 1.85. The van der Waals surface area contributed by atoms with Gasteiger partial charge in [-0.1, -0.05) is 36.4 Å². The zero-order valence-corrected chi connectivity index (χ0v) is 11.4. The van der Waals surface area contributed by atoms with Crippen molar-refractivity contribution < 1.29 is 13.2 Å². The fourth-order valence-electron chi connectivity index (χ4n) is 2.72. The van der Waals surface area contributed by atoms with Crippen LogP contribution in [0.1, 0.15) is 23.5 Å². The molecule has 0 spiro atoms. The average Bonchev–Trinajstić information content (AvgIpc) is 3.26. The molecule has 110 valence electrons. The molecule has 3 rings (SSSR count). The van der Waals surface area contributed by atoms with E-state index in [1.54, 1.807) is 0 Å².